The predicted molar refractivity (Wildman–Crippen MR) is 82.1 cm³/mol. The van der Waals surface area contributed by atoms with Gasteiger partial charge in [0.2, 0.25) is 0 Å². The molecule has 5 heteroatoms. The van der Waals surface area contributed by atoms with Crippen LogP contribution in [0.3, 0.4) is 0 Å². The van der Waals surface area contributed by atoms with Crippen molar-refractivity contribution >= 4 is 11.5 Å². The maximum atomic E-state index is 9.71. The van der Waals surface area contributed by atoms with Crippen molar-refractivity contribution in [1.82, 2.24) is 14.4 Å². The molecule has 3 rings (SSSR count). The maximum Gasteiger partial charge on any atom is 0.153 e. The molecule has 0 atom stereocenters. The van der Waals surface area contributed by atoms with Crippen LogP contribution in [0, 0.1) is 0 Å². The van der Waals surface area contributed by atoms with Crippen LogP contribution in [0.5, 0.6) is 0 Å². The van der Waals surface area contributed by atoms with Gasteiger partial charge < -0.3 is 10.0 Å². The lowest BCUT2D eigenvalue weighted by Crippen LogP contribution is -2.24. The summed E-state index contributed by atoms with van der Waals surface area (Å²) < 4.78 is 1.93. The molecule has 3 aromatic rings. The van der Waals surface area contributed by atoms with E-state index in [2.05, 4.69) is 21.8 Å². The van der Waals surface area contributed by atoms with Crippen molar-refractivity contribution in [2.75, 3.05) is 11.4 Å². The fourth-order valence-electron chi connectivity index (χ4n) is 2.46. The first-order chi connectivity index (χ1) is 10.3. The quantitative estimate of drug-likeness (QED) is 0.780. The standard InChI is InChI=1S/C16H18N4O/c1-2-19(11-13-7-3-5-9-17-13)16-14(12-21)20-10-6-4-8-15(20)18-16/h3-10,21H,2,11-12H2,1H3. The number of imidazole rings is 1. The molecule has 0 bridgehead atoms. The summed E-state index contributed by atoms with van der Waals surface area (Å²) in [6, 6.07) is 11.7. The lowest BCUT2D eigenvalue weighted by Gasteiger charge is -2.21. The van der Waals surface area contributed by atoms with E-state index in [4.69, 9.17) is 0 Å². The first-order valence-corrected chi connectivity index (χ1v) is 7.05. The highest BCUT2D eigenvalue weighted by Crippen LogP contribution is 2.23. The summed E-state index contributed by atoms with van der Waals surface area (Å²) in [5.41, 5.74) is 2.64. The molecule has 0 aliphatic rings. The minimum absolute atomic E-state index is 0.0424. The zero-order valence-electron chi connectivity index (χ0n) is 12.0. The van der Waals surface area contributed by atoms with Crippen LogP contribution in [0.1, 0.15) is 18.3 Å². The second-order valence-corrected chi connectivity index (χ2v) is 4.80. The van der Waals surface area contributed by atoms with Crippen LogP contribution in [0.15, 0.2) is 48.8 Å². The number of aromatic nitrogens is 3. The monoisotopic (exact) mass is 282 g/mol. The zero-order chi connectivity index (χ0) is 14.7. The van der Waals surface area contributed by atoms with Crippen LogP contribution in [-0.2, 0) is 13.2 Å². The Labute approximate surface area is 123 Å². The van der Waals surface area contributed by atoms with Crippen molar-refractivity contribution in [2.45, 2.75) is 20.1 Å². The summed E-state index contributed by atoms with van der Waals surface area (Å²) in [5, 5.41) is 9.71. The molecule has 0 saturated carbocycles. The van der Waals surface area contributed by atoms with Crippen molar-refractivity contribution in [1.29, 1.82) is 0 Å². The molecule has 21 heavy (non-hydrogen) atoms. The fourth-order valence-corrected chi connectivity index (χ4v) is 2.46. The van der Waals surface area contributed by atoms with Crippen LogP contribution in [-0.4, -0.2) is 26.0 Å². The van der Waals surface area contributed by atoms with Crippen LogP contribution < -0.4 is 4.90 Å². The van der Waals surface area contributed by atoms with Crippen molar-refractivity contribution < 1.29 is 5.11 Å². The van der Waals surface area contributed by atoms with Crippen molar-refractivity contribution in [2.24, 2.45) is 0 Å². The van der Waals surface area contributed by atoms with Crippen LogP contribution in [0.4, 0.5) is 5.82 Å². The maximum absolute atomic E-state index is 9.71. The molecule has 0 aromatic carbocycles. The third kappa shape index (κ3) is 2.60. The number of anilines is 1. The van der Waals surface area contributed by atoms with E-state index in [1.54, 1.807) is 6.20 Å². The summed E-state index contributed by atoms with van der Waals surface area (Å²) in [6.45, 7) is 3.51. The van der Waals surface area contributed by atoms with E-state index in [0.29, 0.717) is 6.54 Å². The molecule has 108 valence electrons. The summed E-state index contributed by atoms with van der Waals surface area (Å²) in [6.07, 6.45) is 3.71. The Morgan fingerprint density at radius 3 is 2.76 bits per heavy atom. The molecule has 0 aliphatic carbocycles. The van der Waals surface area contributed by atoms with Crippen molar-refractivity contribution in [3.05, 3.63) is 60.2 Å². The SMILES string of the molecule is CCN(Cc1ccccn1)c1nc2ccccn2c1CO. The van der Waals surface area contributed by atoms with Crippen LogP contribution in [0.2, 0.25) is 0 Å². The van der Waals surface area contributed by atoms with E-state index in [1.165, 1.54) is 0 Å². The Morgan fingerprint density at radius 2 is 2.05 bits per heavy atom. The number of rotatable bonds is 5. The average Bonchev–Trinajstić information content (AvgIpc) is 2.92. The molecule has 0 aliphatic heterocycles. The van der Waals surface area contributed by atoms with Gasteiger partial charge in [-0.3, -0.25) is 9.38 Å². The highest BCUT2D eigenvalue weighted by atomic mass is 16.3. The zero-order valence-corrected chi connectivity index (χ0v) is 12.0. The second kappa shape index (κ2) is 5.93. The molecule has 1 N–H and O–H groups in total. The van der Waals surface area contributed by atoms with Gasteiger partial charge in [0.15, 0.2) is 5.82 Å². The van der Waals surface area contributed by atoms with Gasteiger partial charge in [0.1, 0.15) is 5.65 Å². The summed E-state index contributed by atoms with van der Waals surface area (Å²) in [5.74, 6) is 0.817. The molecule has 0 saturated heterocycles. The second-order valence-electron chi connectivity index (χ2n) is 4.80. The smallest absolute Gasteiger partial charge is 0.153 e. The first kappa shape index (κ1) is 13.6. The Hall–Kier alpha value is -2.40. The van der Waals surface area contributed by atoms with Gasteiger partial charge in [-0.15, -0.1) is 0 Å². The molecule has 0 fully saturated rings. The average molecular weight is 282 g/mol. The lowest BCUT2D eigenvalue weighted by atomic mass is 10.3. The molecule has 0 unspecified atom stereocenters. The van der Waals surface area contributed by atoms with Crippen molar-refractivity contribution in [3.8, 4) is 0 Å². The van der Waals surface area contributed by atoms with E-state index in [1.807, 2.05) is 47.0 Å². The molecule has 0 spiro atoms. The minimum Gasteiger partial charge on any atom is -0.390 e. The largest absolute Gasteiger partial charge is 0.390 e. The van der Waals surface area contributed by atoms with E-state index < -0.39 is 0 Å². The summed E-state index contributed by atoms with van der Waals surface area (Å²) in [4.78, 5) is 11.1. The summed E-state index contributed by atoms with van der Waals surface area (Å²) >= 11 is 0. The third-order valence-electron chi connectivity index (χ3n) is 3.52. The van der Waals surface area contributed by atoms with Gasteiger partial charge in [0.05, 0.1) is 24.5 Å². The number of hydrogen-bond acceptors (Lipinski definition) is 4. The summed E-state index contributed by atoms with van der Waals surface area (Å²) in [7, 11) is 0. The number of fused-ring (bicyclic) bond motifs is 1. The minimum atomic E-state index is -0.0424. The van der Waals surface area contributed by atoms with Gasteiger partial charge >= 0.3 is 0 Å². The van der Waals surface area contributed by atoms with Gasteiger partial charge in [0, 0.05) is 18.9 Å². The Balaban J connectivity index is 2.00. The molecule has 0 amide bonds. The van der Waals surface area contributed by atoms with Crippen LogP contribution >= 0.6 is 0 Å². The van der Waals surface area contributed by atoms with E-state index >= 15 is 0 Å². The highest BCUT2D eigenvalue weighted by Gasteiger charge is 2.17. The topological polar surface area (TPSA) is 53.7 Å². The highest BCUT2D eigenvalue weighted by molar-refractivity contribution is 5.55. The van der Waals surface area contributed by atoms with Gasteiger partial charge in [-0.05, 0) is 31.2 Å². The van der Waals surface area contributed by atoms with E-state index in [0.717, 1.165) is 29.4 Å². The molecule has 3 aromatic heterocycles. The predicted octanol–water partition coefficient (Wildman–Crippen LogP) is 2.25. The third-order valence-corrected chi connectivity index (χ3v) is 3.52. The fraction of sp³-hybridized carbons (Fsp3) is 0.250. The van der Waals surface area contributed by atoms with E-state index in [-0.39, 0.29) is 6.61 Å². The van der Waals surface area contributed by atoms with E-state index in [9.17, 15) is 5.11 Å². The van der Waals surface area contributed by atoms with Gasteiger partial charge in [0.25, 0.3) is 0 Å². The van der Waals surface area contributed by atoms with Gasteiger partial charge in [-0.25, -0.2) is 4.98 Å². The molecule has 3 heterocycles. The number of hydrogen-bond donors (Lipinski definition) is 1. The Kier molecular flexibility index (Phi) is 3.83. The molecule has 5 nitrogen and oxygen atoms in total. The number of nitrogens with zero attached hydrogens (tertiary/aromatic N) is 4. The Morgan fingerprint density at radius 1 is 1.19 bits per heavy atom. The molecular weight excluding hydrogens is 264 g/mol. The lowest BCUT2D eigenvalue weighted by molar-refractivity contribution is 0.276. The molecular formula is C16H18N4O. The Bertz CT molecular complexity index is 723. The number of aliphatic hydroxyl groups excluding tert-OH is 1. The van der Waals surface area contributed by atoms with Crippen molar-refractivity contribution in [3.63, 3.8) is 0 Å². The first-order valence-electron chi connectivity index (χ1n) is 7.05. The van der Waals surface area contributed by atoms with Gasteiger partial charge in [-0.2, -0.15) is 0 Å². The molecule has 0 radical (unpaired) electrons. The normalized spacial score (nSPS) is 11.0. The number of pyridine rings is 2. The van der Waals surface area contributed by atoms with Gasteiger partial charge in [-0.1, -0.05) is 12.1 Å². The number of aliphatic hydroxyl groups is 1. The van der Waals surface area contributed by atoms with Crippen LogP contribution in [0.25, 0.3) is 5.65 Å².